The van der Waals surface area contributed by atoms with Crippen molar-refractivity contribution in [2.45, 2.75) is 19.1 Å². The number of hydrogen-bond donors (Lipinski definition) is 3. The molecule has 0 aliphatic carbocycles. The Kier molecular flexibility index (Phi) is 4.35. The number of halogens is 1. The van der Waals surface area contributed by atoms with Crippen LogP contribution in [0.1, 0.15) is 17.4 Å². The van der Waals surface area contributed by atoms with Gasteiger partial charge in [0.1, 0.15) is 12.2 Å². The quantitative estimate of drug-likeness (QED) is 0.409. The lowest BCUT2D eigenvalue weighted by atomic mass is 10.0. The SMILES string of the molecule is Cc1nc(Cl)c([N+](=O)[O-])cc1C(O)C(O)CO. The predicted molar refractivity (Wildman–Crippen MR) is 58.7 cm³/mol. The van der Waals surface area contributed by atoms with Crippen LogP contribution in [0.25, 0.3) is 0 Å². The van der Waals surface area contributed by atoms with E-state index in [9.17, 15) is 20.3 Å². The molecule has 0 aromatic carbocycles. The topological polar surface area (TPSA) is 117 Å². The fraction of sp³-hybridized carbons (Fsp3) is 0.444. The second-order valence-electron chi connectivity index (χ2n) is 3.42. The van der Waals surface area contributed by atoms with E-state index in [1.165, 1.54) is 6.92 Å². The Labute approximate surface area is 101 Å². The lowest BCUT2D eigenvalue weighted by molar-refractivity contribution is -0.385. The zero-order chi connectivity index (χ0) is 13.2. The third-order valence-corrected chi connectivity index (χ3v) is 2.53. The van der Waals surface area contributed by atoms with E-state index in [2.05, 4.69) is 4.98 Å². The number of pyridine rings is 1. The Bertz CT molecular complexity index is 440. The van der Waals surface area contributed by atoms with E-state index in [1.807, 2.05) is 0 Å². The van der Waals surface area contributed by atoms with Gasteiger partial charge in [0, 0.05) is 17.3 Å². The second-order valence-corrected chi connectivity index (χ2v) is 3.78. The van der Waals surface area contributed by atoms with Crippen LogP contribution in [0.4, 0.5) is 5.69 Å². The fourth-order valence-electron chi connectivity index (χ4n) is 1.31. The Morgan fingerprint density at radius 1 is 1.59 bits per heavy atom. The van der Waals surface area contributed by atoms with Gasteiger partial charge in [0.15, 0.2) is 0 Å². The van der Waals surface area contributed by atoms with E-state index in [0.717, 1.165) is 6.07 Å². The molecular weight excluding hydrogens is 252 g/mol. The van der Waals surface area contributed by atoms with Crippen molar-refractivity contribution >= 4 is 17.3 Å². The molecule has 2 unspecified atom stereocenters. The van der Waals surface area contributed by atoms with Crippen LogP contribution in [-0.4, -0.2) is 37.9 Å². The molecule has 1 aromatic rings. The van der Waals surface area contributed by atoms with Crippen molar-refractivity contribution in [2.24, 2.45) is 0 Å². The van der Waals surface area contributed by atoms with Crippen molar-refractivity contribution in [1.82, 2.24) is 4.98 Å². The van der Waals surface area contributed by atoms with Crippen molar-refractivity contribution in [3.8, 4) is 0 Å². The molecule has 1 rings (SSSR count). The molecule has 17 heavy (non-hydrogen) atoms. The van der Waals surface area contributed by atoms with Crippen LogP contribution in [0.3, 0.4) is 0 Å². The Balaban J connectivity index is 3.24. The standard InChI is InChI=1S/C9H11ClN2O5/c1-4-5(8(15)7(14)3-13)2-6(12(16)17)9(10)11-4/h2,7-8,13-15H,3H2,1H3. The molecule has 0 fully saturated rings. The summed E-state index contributed by atoms with van der Waals surface area (Å²) in [6, 6.07) is 1.04. The smallest absolute Gasteiger partial charge is 0.306 e. The number of aryl methyl sites for hydroxylation is 1. The average molecular weight is 263 g/mol. The molecule has 2 atom stereocenters. The fourth-order valence-corrected chi connectivity index (χ4v) is 1.57. The molecule has 0 saturated carbocycles. The minimum absolute atomic E-state index is 0.0580. The van der Waals surface area contributed by atoms with Crippen LogP contribution < -0.4 is 0 Å². The number of hydrogen-bond acceptors (Lipinski definition) is 6. The molecule has 94 valence electrons. The predicted octanol–water partition coefficient (Wildman–Crippen LogP) is 0.338. The molecule has 0 bridgehead atoms. The molecule has 0 saturated heterocycles. The van der Waals surface area contributed by atoms with Crippen molar-refractivity contribution in [3.05, 3.63) is 32.6 Å². The normalized spacial score (nSPS) is 14.4. The van der Waals surface area contributed by atoms with Crippen molar-refractivity contribution in [3.63, 3.8) is 0 Å². The maximum atomic E-state index is 10.6. The van der Waals surface area contributed by atoms with E-state index in [0.29, 0.717) is 0 Å². The van der Waals surface area contributed by atoms with Gasteiger partial charge in [-0.15, -0.1) is 0 Å². The van der Waals surface area contributed by atoms with E-state index < -0.39 is 29.4 Å². The molecule has 0 amide bonds. The van der Waals surface area contributed by atoms with Crippen molar-refractivity contribution < 1.29 is 20.2 Å². The highest BCUT2D eigenvalue weighted by Gasteiger charge is 2.24. The van der Waals surface area contributed by atoms with Gasteiger partial charge in [-0.3, -0.25) is 10.1 Å². The first-order valence-corrected chi connectivity index (χ1v) is 5.04. The third-order valence-electron chi connectivity index (χ3n) is 2.25. The van der Waals surface area contributed by atoms with Gasteiger partial charge < -0.3 is 15.3 Å². The lowest BCUT2D eigenvalue weighted by Gasteiger charge is -2.17. The van der Waals surface area contributed by atoms with Crippen LogP contribution in [0.2, 0.25) is 5.15 Å². The van der Waals surface area contributed by atoms with Gasteiger partial charge in [0.05, 0.1) is 11.5 Å². The molecule has 1 aromatic heterocycles. The summed E-state index contributed by atoms with van der Waals surface area (Å²) >= 11 is 5.57. The highest BCUT2D eigenvalue weighted by Crippen LogP contribution is 2.29. The Morgan fingerprint density at radius 3 is 2.65 bits per heavy atom. The van der Waals surface area contributed by atoms with Crippen LogP contribution in [-0.2, 0) is 0 Å². The lowest BCUT2D eigenvalue weighted by Crippen LogP contribution is -2.23. The first kappa shape index (κ1) is 13.8. The van der Waals surface area contributed by atoms with Crippen LogP contribution in [0, 0.1) is 17.0 Å². The maximum Gasteiger partial charge on any atom is 0.306 e. The van der Waals surface area contributed by atoms with E-state index >= 15 is 0 Å². The zero-order valence-corrected chi connectivity index (χ0v) is 9.63. The van der Waals surface area contributed by atoms with Crippen LogP contribution >= 0.6 is 11.6 Å². The third kappa shape index (κ3) is 2.89. The highest BCUT2D eigenvalue weighted by molar-refractivity contribution is 6.31. The summed E-state index contributed by atoms with van der Waals surface area (Å²) in [4.78, 5) is 13.6. The van der Waals surface area contributed by atoms with Crippen molar-refractivity contribution in [2.75, 3.05) is 6.61 Å². The van der Waals surface area contributed by atoms with E-state index in [1.54, 1.807) is 0 Å². The van der Waals surface area contributed by atoms with Gasteiger partial charge in [0.2, 0.25) is 5.15 Å². The largest absolute Gasteiger partial charge is 0.394 e. The number of aromatic nitrogens is 1. The van der Waals surface area contributed by atoms with Gasteiger partial charge in [-0.25, -0.2) is 4.98 Å². The summed E-state index contributed by atoms with van der Waals surface area (Å²) in [5.74, 6) is 0. The Hall–Kier alpha value is -1.28. The molecule has 0 aliphatic rings. The summed E-state index contributed by atoms with van der Waals surface area (Å²) in [5, 5.41) is 38.0. The molecule has 0 radical (unpaired) electrons. The van der Waals surface area contributed by atoms with Crippen molar-refractivity contribution in [1.29, 1.82) is 0 Å². The minimum Gasteiger partial charge on any atom is -0.394 e. The zero-order valence-electron chi connectivity index (χ0n) is 8.87. The minimum atomic E-state index is -1.46. The number of nitrogens with zero attached hydrogens (tertiary/aromatic N) is 2. The molecule has 0 spiro atoms. The molecule has 7 nitrogen and oxygen atoms in total. The Morgan fingerprint density at radius 2 is 2.18 bits per heavy atom. The number of nitro groups is 1. The summed E-state index contributed by atoms with van der Waals surface area (Å²) in [7, 11) is 0. The first-order valence-electron chi connectivity index (χ1n) is 4.67. The maximum absolute atomic E-state index is 10.6. The molecule has 8 heteroatoms. The number of aliphatic hydroxyl groups is 3. The molecule has 0 aliphatic heterocycles. The monoisotopic (exact) mass is 262 g/mol. The summed E-state index contributed by atoms with van der Waals surface area (Å²) in [6.45, 7) is 0.815. The van der Waals surface area contributed by atoms with Gasteiger partial charge in [-0.05, 0) is 6.92 Å². The molecule has 1 heterocycles. The molecule has 3 N–H and O–H groups in total. The van der Waals surface area contributed by atoms with Crippen LogP contribution in [0.15, 0.2) is 6.07 Å². The number of aliphatic hydroxyl groups excluding tert-OH is 3. The number of rotatable bonds is 4. The van der Waals surface area contributed by atoms with Gasteiger partial charge >= 0.3 is 5.69 Å². The highest BCUT2D eigenvalue weighted by atomic mass is 35.5. The second kappa shape index (κ2) is 5.37. The van der Waals surface area contributed by atoms with E-state index in [4.69, 9.17) is 16.7 Å². The summed E-state index contributed by atoms with van der Waals surface area (Å²) in [5.41, 5.74) is -0.153. The van der Waals surface area contributed by atoms with Gasteiger partial charge in [-0.2, -0.15) is 0 Å². The summed E-state index contributed by atoms with van der Waals surface area (Å²) < 4.78 is 0. The van der Waals surface area contributed by atoms with Gasteiger partial charge in [-0.1, -0.05) is 11.6 Å². The summed E-state index contributed by atoms with van der Waals surface area (Å²) in [6.07, 6.45) is -2.89. The molecular formula is C9H11ClN2O5. The van der Waals surface area contributed by atoms with Gasteiger partial charge in [0.25, 0.3) is 0 Å². The van der Waals surface area contributed by atoms with E-state index in [-0.39, 0.29) is 16.4 Å². The first-order chi connectivity index (χ1) is 7.88. The van der Waals surface area contributed by atoms with Crippen LogP contribution in [0.5, 0.6) is 0 Å². The average Bonchev–Trinajstić information content (AvgIpc) is 2.26.